The molecule has 0 spiro atoms. The Bertz CT molecular complexity index is 317. The van der Waals surface area contributed by atoms with Gasteiger partial charge in [-0.25, -0.2) is 0 Å². The van der Waals surface area contributed by atoms with Gasteiger partial charge in [-0.3, -0.25) is 4.55 Å². The highest BCUT2D eigenvalue weighted by molar-refractivity contribution is 7.87. The molecule has 1 N–H and O–H groups in total. The van der Waals surface area contributed by atoms with Crippen molar-refractivity contribution in [1.29, 1.82) is 0 Å². The molecule has 0 rings (SSSR count). The van der Waals surface area contributed by atoms with E-state index in [0.717, 1.165) is 0 Å². The van der Waals surface area contributed by atoms with Crippen LogP contribution in [0.15, 0.2) is 0 Å². The predicted octanol–water partition coefficient (Wildman–Crippen LogP) is 3.12. The third-order valence-electron chi connectivity index (χ3n) is 3.02. The zero-order chi connectivity index (χ0) is 12.7. The lowest BCUT2D eigenvalue weighted by atomic mass is 9.72. The largest absolute Gasteiger partial charge is 0.285 e. The Balaban J connectivity index is 5.46. The molecule has 0 saturated heterocycles. The Hall–Kier alpha value is -0.0900. The molecule has 92 valence electrons. The monoisotopic (exact) mass is 236 g/mol. The maximum absolute atomic E-state index is 11.5. The van der Waals surface area contributed by atoms with Crippen LogP contribution in [0.2, 0.25) is 0 Å². The second-order valence-electron chi connectivity index (χ2n) is 6.69. The third-order valence-corrected chi connectivity index (χ3v) is 4.92. The first kappa shape index (κ1) is 14.9. The van der Waals surface area contributed by atoms with E-state index in [1.807, 2.05) is 41.5 Å². The summed E-state index contributed by atoms with van der Waals surface area (Å²) in [5.41, 5.74) is -0.633. The summed E-state index contributed by atoms with van der Waals surface area (Å²) in [6.45, 7) is 13.1. The molecule has 0 aromatic heterocycles. The minimum Gasteiger partial charge on any atom is -0.285 e. The second-order valence-corrected chi connectivity index (χ2v) is 8.54. The van der Waals surface area contributed by atoms with Crippen molar-refractivity contribution in [1.82, 2.24) is 0 Å². The van der Waals surface area contributed by atoms with E-state index in [-0.39, 0.29) is 5.41 Å². The first-order valence-electron chi connectivity index (χ1n) is 5.18. The zero-order valence-electron chi connectivity index (χ0n) is 10.9. The van der Waals surface area contributed by atoms with Gasteiger partial charge >= 0.3 is 0 Å². The van der Waals surface area contributed by atoms with Gasteiger partial charge in [0.05, 0.1) is 4.75 Å². The van der Waals surface area contributed by atoms with Crippen LogP contribution in [0.5, 0.6) is 0 Å². The average molecular weight is 236 g/mol. The molecule has 0 aliphatic carbocycles. The van der Waals surface area contributed by atoms with E-state index >= 15 is 0 Å². The fourth-order valence-electron chi connectivity index (χ4n) is 1.76. The molecule has 0 aromatic rings. The van der Waals surface area contributed by atoms with Gasteiger partial charge in [-0.1, -0.05) is 41.5 Å². The highest BCUT2D eigenvalue weighted by Gasteiger charge is 2.49. The van der Waals surface area contributed by atoms with E-state index in [1.165, 1.54) is 0 Å². The fraction of sp³-hybridized carbons (Fsp3) is 1.00. The van der Waals surface area contributed by atoms with E-state index in [1.54, 1.807) is 6.92 Å². The van der Waals surface area contributed by atoms with E-state index in [0.29, 0.717) is 6.42 Å². The summed E-state index contributed by atoms with van der Waals surface area (Å²) in [6, 6.07) is 0. The van der Waals surface area contributed by atoms with Crippen LogP contribution in [-0.4, -0.2) is 17.7 Å². The average Bonchev–Trinajstić information content (AvgIpc) is 1.77. The number of rotatable bonds is 2. The van der Waals surface area contributed by atoms with Crippen LogP contribution in [0.1, 0.15) is 54.9 Å². The van der Waals surface area contributed by atoms with Crippen molar-refractivity contribution in [2.75, 3.05) is 0 Å². The lowest BCUT2D eigenvalue weighted by molar-refractivity contribution is 0.191. The van der Waals surface area contributed by atoms with Gasteiger partial charge in [0.15, 0.2) is 0 Å². The molecule has 0 aromatic carbocycles. The third kappa shape index (κ3) is 3.45. The molecule has 0 aliphatic rings. The first-order chi connectivity index (χ1) is 6.21. The highest BCUT2D eigenvalue weighted by Crippen LogP contribution is 2.44. The van der Waals surface area contributed by atoms with E-state index in [2.05, 4.69) is 0 Å². The maximum Gasteiger partial charge on any atom is 0.270 e. The normalized spacial score (nSPS) is 18.7. The Labute approximate surface area is 94.0 Å². The van der Waals surface area contributed by atoms with Gasteiger partial charge in [-0.15, -0.1) is 0 Å². The molecule has 0 saturated carbocycles. The molecule has 4 heteroatoms. The Morgan fingerprint density at radius 1 is 0.933 bits per heavy atom. The van der Waals surface area contributed by atoms with Crippen LogP contribution >= 0.6 is 0 Å². The number of hydrogen-bond donors (Lipinski definition) is 1. The molecule has 1 unspecified atom stereocenters. The van der Waals surface area contributed by atoms with E-state index in [9.17, 15) is 13.0 Å². The van der Waals surface area contributed by atoms with Gasteiger partial charge in [-0.2, -0.15) is 8.42 Å². The van der Waals surface area contributed by atoms with Crippen molar-refractivity contribution in [2.24, 2.45) is 10.8 Å². The molecular weight excluding hydrogens is 212 g/mol. The topological polar surface area (TPSA) is 54.4 Å². The van der Waals surface area contributed by atoms with Crippen molar-refractivity contribution >= 4 is 10.1 Å². The van der Waals surface area contributed by atoms with Gasteiger partial charge in [0.1, 0.15) is 0 Å². The molecule has 0 radical (unpaired) electrons. The van der Waals surface area contributed by atoms with E-state index in [4.69, 9.17) is 0 Å². The highest BCUT2D eigenvalue weighted by atomic mass is 32.2. The molecular formula is C11H24O3S. The summed E-state index contributed by atoms with van der Waals surface area (Å²) in [5.74, 6) is 0. The Morgan fingerprint density at radius 3 is 1.33 bits per heavy atom. The van der Waals surface area contributed by atoms with Crippen molar-refractivity contribution in [3.8, 4) is 0 Å². The van der Waals surface area contributed by atoms with Crippen LogP contribution < -0.4 is 0 Å². The summed E-state index contributed by atoms with van der Waals surface area (Å²) in [5, 5.41) is 0. The summed E-state index contributed by atoms with van der Waals surface area (Å²) < 4.78 is 31.4. The smallest absolute Gasteiger partial charge is 0.270 e. The van der Waals surface area contributed by atoms with Crippen LogP contribution in [0.25, 0.3) is 0 Å². The van der Waals surface area contributed by atoms with Crippen molar-refractivity contribution < 1.29 is 13.0 Å². The Kier molecular flexibility index (Phi) is 3.71. The first-order valence-corrected chi connectivity index (χ1v) is 6.62. The molecule has 0 heterocycles. The second kappa shape index (κ2) is 3.74. The molecule has 3 nitrogen and oxygen atoms in total. The molecule has 0 fully saturated rings. The molecule has 0 amide bonds. The molecule has 1 atom stereocenters. The Morgan fingerprint density at radius 2 is 1.27 bits per heavy atom. The van der Waals surface area contributed by atoms with Gasteiger partial charge in [0.2, 0.25) is 0 Å². The van der Waals surface area contributed by atoms with Crippen molar-refractivity contribution in [3.05, 3.63) is 0 Å². The summed E-state index contributed by atoms with van der Waals surface area (Å²) >= 11 is 0. The minimum atomic E-state index is -4.06. The van der Waals surface area contributed by atoms with Gasteiger partial charge in [0.25, 0.3) is 10.1 Å². The lowest BCUT2D eigenvalue weighted by Gasteiger charge is -2.42. The fourth-order valence-corrected chi connectivity index (χ4v) is 3.14. The number of hydrogen-bond acceptors (Lipinski definition) is 2. The van der Waals surface area contributed by atoms with Crippen molar-refractivity contribution in [3.63, 3.8) is 0 Å². The van der Waals surface area contributed by atoms with Gasteiger partial charge in [-0.05, 0) is 24.2 Å². The van der Waals surface area contributed by atoms with Gasteiger partial charge in [0, 0.05) is 0 Å². The van der Waals surface area contributed by atoms with Crippen molar-refractivity contribution in [2.45, 2.75) is 59.6 Å². The molecule has 0 bridgehead atoms. The molecule has 0 aliphatic heterocycles. The lowest BCUT2D eigenvalue weighted by Crippen LogP contribution is -2.49. The summed E-state index contributed by atoms with van der Waals surface area (Å²) in [4.78, 5) is 0. The minimum absolute atomic E-state index is 0.141. The SMILES string of the molecule is CC(C)(C)CC(C)(C(C)(C)C)S(=O)(=O)O. The predicted molar refractivity (Wildman–Crippen MR) is 63.5 cm³/mol. The van der Waals surface area contributed by atoms with Crippen LogP contribution in [0, 0.1) is 10.8 Å². The quantitative estimate of drug-likeness (QED) is 0.749. The summed E-state index contributed by atoms with van der Waals surface area (Å²) in [6.07, 6.45) is 0.433. The summed E-state index contributed by atoms with van der Waals surface area (Å²) in [7, 11) is -4.06. The van der Waals surface area contributed by atoms with Crippen LogP contribution in [0.4, 0.5) is 0 Å². The molecule has 15 heavy (non-hydrogen) atoms. The maximum atomic E-state index is 11.5. The van der Waals surface area contributed by atoms with Crippen LogP contribution in [-0.2, 0) is 10.1 Å². The van der Waals surface area contributed by atoms with E-state index < -0.39 is 20.3 Å². The zero-order valence-corrected chi connectivity index (χ0v) is 11.7. The van der Waals surface area contributed by atoms with Gasteiger partial charge < -0.3 is 0 Å². The van der Waals surface area contributed by atoms with Crippen LogP contribution in [0.3, 0.4) is 0 Å². The standard InChI is InChI=1S/C11H24O3S/c1-9(2,3)8-11(7,10(4,5)6)15(12,13)14/h8H2,1-7H3,(H,12,13,14).